The number of aromatic nitrogens is 1. The molecule has 0 radical (unpaired) electrons. The molecule has 0 aliphatic carbocycles. The van der Waals surface area contributed by atoms with Gasteiger partial charge in [-0.2, -0.15) is 0 Å². The third-order valence-corrected chi connectivity index (χ3v) is 5.57. The fourth-order valence-electron chi connectivity index (χ4n) is 3.93. The minimum Gasteiger partial charge on any atom is -0.493 e. The number of ether oxygens (including phenoxy) is 3. The van der Waals surface area contributed by atoms with Crippen molar-refractivity contribution < 1.29 is 23.4 Å². The number of anilines is 1. The number of halogens is 1. The van der Waals surface area contributed by atoms with Gasteiger partial charge < -0.3 is 24.0 Å². The highest BCUT2D eigenvalue weighted by molar-refractivity contribution is 5.94. The summed E-state index contributed by atoms with van der Waals surface area (Å²) < 4.78 is 32.0. The van der Waals surface area contributed by atoms with Crippen molar-refractivity contribution in [3.63, 3.8) is 0 Å². The lowest BCUT2D eigenvalue weighted by Gasteiger charge is -2.37. The van der Waals surface area contributed by atoms with E-state index in [1.807, 2.05) is 56.0 Å². The van der Waals surface area contributed by atoms with Gasteiger partial charge in [0.05, 0.1) is 24.5 Å². The Hall–Kier alpha value is -3.55. The SMILES string of the molecule is COc1cc2c(N3CCN(C(=O)OC(C)(C)C)CC3)c(F)cnc2cc1OCc1ccccc1. The Morgan fingerprint density at radius 2 is 1.76 bits per heavy atom. The zero-order valence-corrected chi connectivity index (χ0v) is 20.0. The molecule has 8 heteroatoms. The van der Waals surface area contributed by atoms with Crippen molar-refractivity contribution in [2.24, 2.45) is 0 Å². The summed E-state index contributed by atoms with van der Waals surface area (Å²) in [6.07, 6.45) is 0.875. The fraction of sp³-hybridized carbons (Fsp3) is 0.385. The molecule has 1 aliphatic heterocycles. The van der Waals surface area contributed by atoms with Crippen molar-refractivity contribution in [1.82, 2.24) is 9.88 Å². The summed E-state index contributed by atoms with van der Waals surface area (Å²) in [4.78, 5) is 20.3. The largest absolute Gasteiger partial charge is 0.493 e. The number of methoxy groups -OCH3 is 1. The van der Waals surface area contributed by atoms with Crippen molar-refractivity contribution in [3.05, 3.63) is 60.0 Å². The van der Waals surface area contributed by atoms with Gasteiger partial charge in [-0.25, -0.2) is 9.18 Å². The third-order valence-electron chi connectivity index (χ3n) is 5.57. The second-order valence-corrected chi connectivity index (χ2v) is 9.20. The smallest absolute Gasteiger partial charge is 0.410 e. The van der Waals surface area contributed by atoms with E-state index in [0.717, 1.165) is 5.56 Å². The molecule has 1 aromatic heterocycles. The van der Waals surface area contributed by atoms with Crippen LogP contribution in [0.15, 0.2) is 48.7 Å². The molecule has 2 heterocycles. The minimum absolute atomic E-state index is 0.353. The standard InChI is InChI=1S/C26H30FN3O4/c1-26(2,3)34-25(31)30-12-10-29(11-13-30)24-19-14-22(32-4)23(15-21(19)28-16-20(24)27)33-17-18-8-6-5-7-9-18/h5-9,14-16H,10-13,17H2,1-4H3. The quantitative estimate of drug-likeness (QED) is 0.525. The van der Waals surface area contributed by atoms with E-state index in [1.165, 1.54) is 6.20 Å². The van der Waals surface area contributed by atoms with Crippen molar-refractivity contribution >= 4 is 22.7 Å². The maximum atomic E-state index is 15.0. The molecule has 1 saturated heterocycles. The van der Waals surface area contributed by atoms with Gasteiger partial charge in [-0.1, -0.05) is 30.3 Å². The Kier molecular flexibility index (Phi) is 6.77. The van der Waals surface area contributed by atoms with Crippen LogP contribution in [0.25, 0.3) is 10.9 Å². The van der Waals surface area contributed by atoms with Crippen LogP contribution in [-0.2, 0) is 11.3 Å². The van der Waals surface area contributed by atoms with Crippen molar-refractivity contribution in [3.8, 4) is 11.5 Å². The summed E-state index contributed by atoms with van der Waals surface area (Å²) in [6.45, 7) is 7.72. The third kappa shape index (κ3) is 5.32. The minimum atomic E-state index is -0.557. The molecule has 0 bridgehead atoms. The Morgan fingerprint density at radius 1 is 1.06 bits per heavy atom. The van der Waals surface area contributed by atoms with E-state index < -0.39 is 11.4 Å². The lowest BCUT2D eigenvalue weighted by Crippen LogP contribution is -2.50. The molecule has 0 atom stereocenters. The Labute approximate surface area is 199 Å². The van der Waals surface area contributed by atoms with Gasteiger partial charge in [0.25, 0.3) is 0 Å². The molecule has 4 rings (SSSR count). The molecule has 2 aromatic carbocycles. The maximum Gasteiger partial charge on any atom is 0.410 e. The van der Waals surface area contributed by atoms with E-state index in [1.54, 1.807) is 24.1 Å². The van der Waals surface area contributed by atoms with Gasteiger partial charge in [0.1, 0.15) is 12.2 Å². The van der Waals surface area contributed by atoms with Crippen LogP contribution in [0.2, 0.25) is 0 Å². The van der Waals surface area contributed by atoms with Crippen molar-refractivity contribution in [2.45, 2.75) is 33.0 Å². The molecule has 1 aliphatic rings. The summed E-state index contributed by atoms with van der Waals surface area (Å²) in [5.74, 6) is 0.626. The van der Waals surface area contributed by atoms with Gasteiger partial charge in [-0.05, 0) is 32.4 Å². The van der Waals surface area contributed by atoms with Gasteiger partial charge in [0.15, 0.2) is 17.3 Å². The zero-order valence-electron chi connectivity index (χ0n) is 20.0. The van der Waals surface area contributed by atoms with Crippen LogP contribution >= 0.6 is 0 Å². The van der Waals surface area contributed by atoms with E-state index in [9.17, 15) is 4.79 Å². The van der Waals surface area contributed by atoms with E-state index >= 15 is 4.39 Å². The molecule has 0 N–H and O–H groups in total. The Balaban J connectivity index is 1.56. The number of pyridine rings is 1. The number of piperazine rings is 1. The predicted molar refractivity (Wildman–Crippen MR) is 129 cm³/mol. The normalized spacial score (nSPS) is 14.3. The van der Waals surface area contributed by atoms with Crippen LogP contribution < -0.4 is 14.4 Å². The Bertz CT molecular complexity index is 1160. The summed E-state index contributed by atoms with van der Waals surface area (Å²) in [5, 5.41) is 0.634. The number of fused-ring (bicyclic) bond motifs is 1. The van der Waals surface area contributed by atoms with Gasteiger partial charge in [-0.3, -0.25) is 4.98 Å². The first kappa shape index (κ1) is 23.6. The second kappa shape index (κ2) is 9.75. The molecule has 34 heavy (non-hydrogen) atoms. The average Bonchev–Trinajstić information content (AvgIpc) is 2.82. The van der Waals surface area contributed by atoms with Gasteiger partial charge >= 0.3 is 6.09 Å². The lowest BCUT2D eigenvalue weighted by molar-refractivity contribution is 0.0240. The van der Waals surface area contributed by atoms with Gasteiger partial charge in [-0.15, -0.1) is 0 Å². The van der Waals surface area contributed by atoms with Crippen LogP contribution in [0.4, 0.5) is 14.9 Å². The number of rotatable bonds is 5. The van der Waals surface area contributed by atoms with Crippen LogP contribution in [0, 0.1) is 5.82 Å². The first-order chi connectivity index (χ1) is 16.2. The summed E-state index contributed by atoms with van der Waals surface area (Å²) in [6, 6.07) is 13.4. The maximum absolute atomic E-state index is 15.0. The van der Waals surface area contributed by atoms with Crippen LogP contribution in [0.5, 0.6) is 11.5 Å². The number of hydrogen-bond donors (Lipinski definition) is 0. The predicted octanol–water partition coefficient (Wildman–Crippen LogP) is 5.02. The average molecular weight is 468 g/mol. The van der Waals surface area contributed by atoms with E-state index in [4.69, 9.17) is 14.2 Å². The fourth-order valence-corrected chi connectivity index (χ4v) is 3.93. The van der Waals surface area contributed by atoms with E-state index in [0.29, 0.717) is 60.9 Å². The first-order valence-electron chi connectivity index (χ1n) is 11.3. The molecule has 1 amide bonds. The molecule has 1 fully saturated rings. The molecule has 0 spiro atoms. The van der Waals surface area contributed by atoms with Gasteiger partial charge in [0, 0.05) is 37.6 Å². The topological polar surface area (TPSA) is 64.1 Å². The molecule has 0 unspecified atom stereocenters. The summed E-state index contributed by atoms with van der Waals surface area (Å²) in [7, 11) is 1.56. The molecular formula is C26H30FN3O4. The molecule has 7 nitrogen and oxygen atoms in total. The Morgan fingerprint density at radius 3 is 2.41 bits per heavy atom. The van der Waals surface area contributed by atoms with Crippen LogP contribution in [0.1, 0.15) is 26.3 Å². The molecule has 180 valence electrons. The number of carbonyl (C=O) groups excluding carboxylic acids is 1. The van der Waals surface area contributed by atoms with E-state index in [-0.39, 0.29) is 6.09 Å². The number of amides is 1. The number of nitrogens with zero attached hydrogens (tertiary/aromatic N) is 3. The molecule has 3 aromatic rings. The first-order valence-corrected chi connectivity index (χ1v) is 11.3. The number of hydrogen-bond acceptors (Lipinski definition) is 6. The highest BCUT2D eigenvalue weighted by Crippen LogP contribution is 2.38. The van der Waals surface area contributed by atoms with Crippen molar-refractivity contribution in [2.75, 3.05) is 38.2 Å². The molecular weight excluding hydrogens is 437 g/mol. The van der Waals surface area contributed by atoms with Gasteiger partial charge in [0.2, 0.25) is 0 Å². The van der Waals surface area contributed by atoms with Crippen molar-refractivity contribution in [1.29, 1.82) is 0 Å². The van der Waals surface area contributed by atoms with Crippen LogP contribution in [0.3, 0.4) is 0 Å². The monoisotopic (exact) mass is 467 g/mol. The lowest BCUT2D eigenvalue weighted by atomic mass is 10.1. The summed E-state index contributed by atoms with van der Waals surface area (Å²) >= 11 is 0. The second-order valence-electron chi connectivity index (χ2n) is 9.20. The van der Waals surface area contributed by atoms with E-state index in [2.05, 4.69) is 4.98 Å². The zero-order chi connectivity index (χ0) is 24.3. The summed E-state index contributed by atoms with van der Waals surface area (Å²) in [5.41, 5.74) is 1.52. The molecule has 0 saturated carbocycles. The number of carbonyl (C=O) groups is 1. The highest BCUT2D eigenvalue weighted by Gasteiger charge is 2.28. The number of benzene rings is 2. The van der Waals surface area contributed by atoms with Crippen LogP contribution in [-0.4, -0.2) is 54.9 Å². The highest BCUT2D eigenvalue weighted by atomic mass is 19.1.